The Morgan fingerprint density at radius 1 is 1.37 bits per heavy atom. The van der Waals surface area contributed by atoms with Gasteiger partial charge in [0.2, 0.25) is 0 Å². The molecule has 0 aliphatic heterocycles. The summed E-state index contributed by atoms with van der Waals surface area (Å²) in [7, 11) is 0. The van der Waals surface area contributed by atoms with E-state index >= 15 is 0 Å². The lowest BCUT2D eigenvalue weighted by atomic mass is 9.92. The van der Waals surface area contributed by atoms with Crippen molar-refractivity contribution >= 4 is 23.5 Å². The van der Waals surface area contributed by atoms with Crippen molar-refractivity contribution in [3.8, 4) is 0 Å². The molecule has 0 bridgehead atoms. The van der Waals surface area contributed by atoms with E-state index in [1.165, 1.54) is 18.2 Å². The summed E-state index contributed by atoms with van der Waals surface area (Å²) in [4.78, 5) is 23.3. The fraction of sp³-hybridized carbons (Fsp3) is 0.385. The van der Waals surface area contributed by atoms with Crippen LogP contribution >= 0.6 is 11.6 Å². The molecule has 0 spiro atoms. The lowest BCUT2D eigenvalue weighted by molar-refractivity contribution is -0.144. The van der Waals surface area contributed by atoms with Crippen molar-refractivity contribution in [2.75, 3.05) is 0 Å². The van der Waals surface area contributed by atoms with Crippen LogP contribution in [0, 0.1) is 5.82 Å². The Labute approximate surface area is 115 Å². The summed E-state index contributed by atoms with van der Waals surface area (Å²) in [6.07, 6.45) is 0.402. The van der Waals surface area contributed by atoms with E-state index in [2.05, 4.69) is 5.32 Å². The van der Waals surface area contributed by atoms with Crippen molar-refractivity contribution in [3.63, 3.8) is 0 Å². The predicted octanol–water partition coefficient (Wildman–Crippen LogP) is 2.85. The van der Waals surface area contributed by atoms with Crippen molar-refractivity contribution in [3.05, 3.63) is 34.6 Å². The van der Waals surface area contributed by atoms with Gasteiger partial charge in [-0.3, -0.25) is 4.79 Å². The number of benzene rings is 1. The molecule has 19 heavy (non-hydrogen) atoms. The van der Waals surface area contributed by atoms with Crippen molar-refractivity contribution in [2.24, 2.45) is 0 Å². The molecule has 0 radical (unpaired) electrons. The maximum absolute atomic E-state index is 13.7. The Kier molecular flexibility index (Phi) is 4.89. The van der Waals surface area contributed by atoms with E-state index in [4.69, 9.17) is 11.6 Å². The molecular weight excluding hydrogens is 273 g/mol. The van der Waals surface area contributed by atoms with Gasteiger partial charge in [-0.05, 0) is 25.0 Å². The average molecular weight is 288 g/mol. The minimum atomic E-state index is -1.40. The van der Waals surface area contributed by atoms with Gasteiger partial charge >= 0.3 is 5.97 Å². The number of carboxylic acids is 1. The molecule has 0 saturated carbocycles. The van der Waals surface area contributed by atoms with Gasteiger partial charge in [-0.25, -0.2) is 9.18 Å². The molecule has 1 aromatic carbocycles. The van der Waals surface area contributed by atoms with E-state index in [1.54, 1.807) is 13.8 Å². The zero-order valence-corrected chi connectivity index (χ0v) is 11.4. The quantitative estimate of drug-likeness (QED) is 0.875. The Hall–Kier alpha value is -1.62. The molecule has 0 aromatic heterocycles. The molecule has 0 heterocycles. The molecule has 4 nitrogen and oxygen atoms in total. The van der Waals surface area contributed by atoms with Crippen molar-refractivity contribution < 1.29 is 19.1 Å². The molecule has 104 valence electrons. The number of hydrogen-bond acceptors (Lipinski definition) is 2. The molecule has 1 rings (SSSR count). The van der Waals surface area contributed by atoms with Crippen LogP contribution in [0.5, 0.6) is 0 Å². The van der Waals surface area contributed by atoms with Crippen LogP contribution in [0.25, 0.3) is 0 Å². The molecule has 0 unspecified atom stereocenters. The molecule has 2 N–H and O–H groups in total. The van der Waals surface area contributed by atoms with Gasteiger partial charge < -0.3 is 10.4 Å². The third kappa shape index (κ3) is 3.04. The SMILES string of the molecule is CCC(CC)(NC(=O)c1cccc(Cl)c1F)C(=O)O. The lowest BCUT2D eigenvalue weighted by Gasteiger charge is -2.28. The van der Waals surface area contributed by atoms with Gasteiger partial charge in [0.15, 0.2) is 5.82 Å². The van der Waals surface area contributed by atoms with E-state index in [9.17, 15) is 19.1 Å². The maximum Gasteiger partial charge on any atom is 0.329 e. The number of carbonyl (C=O) groups excluding carboxylic acids is 1. The van der Waals surface area contributed by atoms with E-state index in [-0.39, 0.29) is 23.4 Å². The normalized spacial score (nSPS) is 11.2. The molecule has 6 heteroatoms. The minimum Gasteiger partial charge on any atom is -0.480 e. The fourth-order valence-corrected chi connectivity index (χ4v) is 1.92. The largest absolute Gasteiger partial charge is 0.480 e. The first kappa shape index (κ1) is 15.4. The third-order valence-corrected chi connectivity index (χ3v) is 3.46. The van der Waals surface area contributed by atoms with Crippen LogP contribution in [0.1, 0.15) is 37.0 Å². The number of nitrogens with one attached hydrogen (secondary N) is 1. The average Bonchev–Trinajstić information content (AvgIpc) is 2.38. The van der Waals surface area contributed by atoms with Crippen molar-refractivity contribution in [2.45, 2.75) is 32.2 Å². The van der Waals surface area contributed by atoms with Gasteiger partial charge in [0.25, 0.3) is 5.91 Å². The van der Waals surface area contributed by atoms with Crippen LogP contribution in [0.2, 0.25) is 5.02 Å². The monoisotopic (exact) mass is 287 g/mol. The van der Waals surface area contributed by atoms with Crippen LogP contribution in [-0.4, -0.2) is 22.5 Å². The van der Waals surface area contributed by atoms with Gasteiger partial charge in [0, 0.05) is 0 Å². The first-order chi connectivity index (χ1) is 8.88. The van der Waals surface area contributed by atoms with E-state index < -0.39 is 23.2 Å². The summed E-state index contributed by atoms with van der Waals surface area (Å²) in [5.41, 5.74) is -1.66. The second-order valence-corrected chi connectivity index (χ2v) is 4.56. The highest BCUT2D eigenvalue weighted by atomic mass is 35.5. The summed E-state index contributed by atoms with van der Waals surface area (Å²) in [6.45, 7) is 3.29. The second kappa shape index (κ2) is 6.02. The second-order valence-electron chi connectivity index (χ2n) is 4.15. The summed E-state index contributed by atoms with van der Waals surface area (Å²) in [6, 6.07) is 4.01. The fourth-order valence-electron chi connectivity index (χ4n) is 1.75. The number of rotatable bonds is 5. The molecule has 0 aliphatic carbocycles. The first-order valence-corrected chi connectivity index (χ1v) is 6.25. The zero-order chi connectivity index (χ0) is 14.6. The zero-order valence-electron chi connectivity index (χ0n) is 10.7. The molecule has 1 amide bonds. The Morgan fingerprint density at radius 3 is 2.42 bits per heavy atom. The number of amides is 1. The lowest BCUT2D eigenvalue weighted by Crippen LogP contribution is -2.53. The number of carbonyl (C=O) groups is 2. The van der Waals surface area contributed by atoms with Crippen molar-refractivity contribution in [1.82, 2.24) is 5.32 Å². The number of halogens is 2. The molecular formula is C13H15ClFNO3. The maximum atomic E-state index is 13.7. The molecule has 0 aliphatic rings. The Balaban J connectivity index is 3.08. The topological polar surface area (TPSA) is 66.4 Å². The third-order valence-electron chi connectivity index (χ3n) is 3.17. The summed E-state index contributed by atoms with van der Waals surface area (Å²) in [5, 5.41) is 11.4. The van der Waals surface area contributed by atoms with E-state index in [1.807, 2.05) is 0 Å². The summed E-state index contributed by atoms with van der Waals surface area (Å²) < 4.78 is 13.7. The van der Waals surface area contributed by atoms with Crippen LogP contribution < -0.4 is 5.32 Å². The predicted molar refractivity (Wildman–Crippen MR) is 69.8 cm³/mol. The molecule has 0 saturated heterocycles. The summed E-state index contributed by atoms with van der Waals surface area (Å²) in [5.74, 6) is -2.78. The van der Waals surface area contributed by atoms with E-state index in [0.717, 1.165) is 0 Å². The number of carboxylic acid groups (broad SMARTS) is 1. The van der Waals surface area contributed by atoms with Crippen LogP contribution in [0.4, 0.5) is 4.39 Å². The standard InChI is InChI=1S/C13H15ClFNO3/c1-3-13(4-2,12(18)19)16-11(17)8-6-5-7-9(14)10(8)15/h5-7H,3-4H2,1-2H3,(H,16,17)(H,18,19). The Bertz CT molecular complexity index is 501. The van der Waals surface area contributed by atoms with Gasteiger partial charge in [-0.1, -0.05) is 31.5 Å². The van der Waals surface area contributed by atoms with Gasteiger partial charge in [0.05, 0.1) is 10.6 Å². The summed E-state index contributed by atoms with van der Waals surface area (Å²) >= 11 is 5.59. The van der Waals surface area contributed by atoms with Crippen LogP contribution in [-0.2, 0) is 4.79 Å². The first-order valence-electron chi connectivity index (χ1n) is 5.88. The van der Waals surface area contributed by atoms with E-state index in [0.29, 0.717) is 0 Å². The van der Waals surface area contributed by atoms with Gasteiger partial charge in [-0.2, -0.15) is 0 Å². The van der Waals surface area contributed by atoms with Crippen LogP contribution in [0.15, 0.2) is 18.2 Å². The highest BCUT2D eigenvalue weighted by Gasteiger charge is 2.37. The number of hydrogen-bond donors (Lipinski definition) is 2. The molecule has 0 atom stereocenters. The van der Waals surface area contributed by atoms with Gasteiger partial charge in [0.1, 0.15) is 5.54 Å². The van der Waals surface area contributed by atoms with Crippen molar-refractivity contribution in [1.29, 1.82) is 0 Å². The smallest absolute Gasteiger partial charge is 0.329 e. The number of aliphatic carboxylic acids is 1. The minimum absolute atomic E-state index is 0.179. The highest BCUT2D eigenvalue weighted by molar-refractivity contribution is 6.31. The van der Waals surface area contributed by atoms with Gasteiger partial charge in [-0.15, -0.1) is 0 Å². The highest BCUT2D eigenvalue weighted by Crippen LogP contribution is 2.20. The Morgan fingerprint density at radius 2 is 1.95 bits per heavy atom. The molecule has 1 aromatic rings. The molecule has 0 fully saturated rings. The van der Waals surface area contributed by atoms with Crippen LogP contribution in [0.3, 0.4) is 0 Å².